The van der Waals surface area contributed by atoms with Crippen molar-refractivity contribution in [2.45, 2.75) is 24.8 Å². The normalized spacial score (nSPS) is 19.7. The number of allylic oxidation sites excluding steroid dienone is 1. The Bertz CT molecular complexity index is 1180. The van der Waals surface area contributed by atoms with Crippen LogP contribution in [0.15, 0.2) is 57.0 Å². The second kappa shape index (κ2) is 9.38. The monoisotopic (exact) mass is 475 g/mol. The molecule has 1 atom stereocenters. The number of hydrogen-bond acceptors (Lipinski definition) is 7. The molecule has 3 heterocycles. The molecule has 1 aromatic carbocycles. The van der Waals surface area contributed by atoms with Crippen LogP contribution < -0.4 is 10.6 Å². The molecule has 0 radical (unpaired) electrons. The summed E-state index contributed by atoms with van der Waals surface area (Å²) in [7, 11) is -3.60. The molecule has 2 aromatic rings. The number of furan rings is 1. The Labute approximate surface area is 191 Å². The van der Waals surface area contributed by atoms with Crippen LogP contribution in [0.3, 0.4) is 0 Å². The van der Waals surface area contributed by atoms with Crippen molar-refractivity contribution in [2.75, 3.05) is 32.9 Å². The van der Waals surface area contributed by atoms with E-state index in [0.29, 0.717) is 49.1 Å². The maximum atomic E-state index is 12.8. The van der Waals surface area contributed by atoms with E-state index in [4.69, 9.17) is 13.9 Å². The molecule has 33 heavy (non-hydrogen) atoms. The number of carbonyl (C=O) groups is 2. The molecule has 2 aliphatic rings. The largest absolute Gasteiger partial charge is 0.463 e. The highest BCUT2D eigenvalue weighted by atomic mass is 32.2. The van der Waals surface area contributed by atoms with E-state index in [1.54, 1.807) is 38.1 Å². The number of esters is 1. The van der Waals surface area contributed by atoms with E-state index in [0.717, 1.165) is 0 Å². The van der Waals surface area contributed by atoms with Crippen molar-refractivity contribution in [3.05, 3.63) is 53.4 Å². The van der Waals surface area contributed by atoms with Gasteiger partial charge in [0.15, 0.2) is 0 Å². The van der Waals surface area contributed by atoms with Crippen LogP contribution in [0.25, 0.3) is 11.3 Å². The number of nitrogens with one attached hydrogen (secondary N) is 2. The first-order chi connectivity index (χ1) is 15.8. The minimum atomic E-state index is -3.60. The third kappa shape index (κ3) is 4.65. The van der Waals surface area contributed by atoms with Crippen molar-refractivity contribution >= 4 is 22.0 Å². The zero-order valence-corrected chi connectivity index (χ0v) is 19.1. The lowest BCUT2D eigenvalue weighted by Crippen LogP contribution is -2.45. The minimum Gasteiger partial charge on any atom is -0.463 e. The summed E-state index contributed by atoms with van der Waals surface area (Å²) < 4.78 is 43.3. The Morgan fingerprint density at radius 3 is 2.52 bits per heavy atom. The zero-order valence-electron chi connectivity index (χ0n) is 18.3. The average Bonchev–Trinajstić information content (AvgIpc) is 3.29. The third-order valence-corrected chi connectivity index (χ3v) is 7.34. The van der Waals surface area contributed by atoms with Gasteiger partial charge in [0.25, 0.3) is 0 Å². The third-order valence-electron chi connectivity index (χ3n) is 5.42. The minimum absolute atomic E-state index is 0.189. The van der Waals surface area contributed by atoms with E-state index >= 15 is 0 Å². The molecule has 2 N–H and O–H groups in total. The Hall–Kier alpha value is -3.15. The van der Waals surface area contributed by atoms with Crippen LogP contribution in [0.2, 0.25) is 0 Å². The molecular weight excluding hydrogens is 450 g/mol. The molecule has 0 bridgehead atoms. The summed E-state index contributed by atoms with van der Waals surface area (Å²) in [5.41, 5.74) is 1.29. The van der Waals surface area contributed by atoms with Crippen molar-refractivity contribution in [1.29, 1.82) is 0 Å². The smallest absolute Gasteiger partial charge is 0.338 e. The number of benzene rings is 1. The van der Waals surface area contributed by atoms with Gasteiger partial charge >= 0.3 is 12.0 Å². The second-order valence-electron chi connectivity index (χ2n) is 7.53. The van der Waals surface area contributed by atoms with Gasteiger partial charge in [-0.3, -0.25) is 0 Å². The highest BCUT2D eigenvalue weighted by Gasteiger charge is 2.34. The fourth-order valence-corrected chi connectivity index (χ4v) is 5.18. The predicted molar refractivity (Wildman–Crippen MR) is 117 cm³/mol. The summed E-state index contributed by atoms with van der Waals surface area (Å²) in [6.07, 6.45) is 0. The molecule has 2 aliphatic heterocycles. The van der Waals surface area contributed by atoms with E-state index in [1.807, 2.05) is 0 Å². The lowest BCUT2D eigenvalue weighted by atomic mass is 10.0. The first-order valence-corrected chi connectivity index (χ1v) is 12.0. The van der Waals surface area contributed by atoms with E-state index < -0.39 is 28.1 Å². The predicted octanol–water partition coefficient (Wildman–Crippen LogP) is 2.16. The summed E-state index contributed by atoms with van der Waals surface area (Å²) in [6.45, 7) is 4.91. The highest BCUT2D eigenvalue weighted by Crippen LogP contribution is 2.32. The lowest BCUT2D eigenvalue weighted by Gasteiger charge is -2.26. The van der Waals surface area contributed by atoms with Crippen LogP contribution in [0.1, 0.15) is 25.6 Å². The van der Waals surface area contributed by atoms with E-state index in [-0.39, 0.29) is 17.1 Å². The van der Waals surface area contributed by atoms with Crippen molar-refractivity contribution in [3.63, 3.8) is 0 Å². The first-order valence-electron chi connectivity index (χ1n) is 10.5. The maximum Gasteiger partial charge on any atom is 0.338 e. The van der Waals surface area contributed by atoms with Gasteiger partial charge in [0.1, 0.15) is 17.6 Å². The average molecular weight is 476 g/mol. The first kappa shape index (κ1) is 23.0. The molecule has 10 nitrogen and oxygen atoms in total. The number of rotatable bonds is 6. The van der Waals surface area contributed by atoms with Crippen LogP contribution in [0.4, 0.5) is 4.79 Å². The number of amides is 2. The summed E-state index contributed by atoms with van der Waals surface area (Å²) in [4.78, 5) is 24.6. The molecule has 1 aromatic heterocycles. The molecule has 0 saturated carbocycles. The standard InChI is InChI=1S/C22H25N3O7S/c1-3-31-21(26)19-14(2)23-22(27)24-20(19)18-9-8-17(32-18)15-4-6-16(7-5-15)33(28,29)25-10-12-30-13-11-25/h4-9,20H,3,10-13H2,1-2H3,(H2,23,24,27). The summed E-state index contributed by atoms with van der Waals surface area (Å²) in [6, 6.07) is 8.47. The quantitative estimate of drug-likeness (QED) is 0.613. The SMILES string of the molecule is CCOC(=O)C1=C(C)NC(=O)NC1c1ccc(-c2ccc(S(=O)(=O)N3CCOCC3)cc2)o1. The van der Waals surface area contributed by atoms with Gasteiger partial charge in [-0.05, 0) is 50.2 Å². The molecule has 0 spiro atoms. The van der Waals surface area contributed by atoms with Gasteiger partial charge in [-0.15, -0.1) is 0 Å². The molecule has 1 saturated heterocycles. The molecule has 11 heteroatoms. The van der Waals surface area contributed by atoms with E-state index in [2.05, 4.69) is 10.6 Å². The molecule has 2 amide bonds. The summed E-state index contributed by atoms with van der Waals surface area (Å²) >= 11 is 0. The number of carbonyl (C=O) groups excluding carboxylic acids is 2. The number of hydrogen-bond donors (Lipinski definition) is 2. The molecule has 0 aliphatic carbocycles. The zero-order chi connectivity index (χ0) is 23.6. The fraction of sp³-hybridized carbons (Fsp3) is 0.364. The van der Waals surface area contributed by atoms with Gasteiger partial charge < -0.3 is 24.5 Å². The number of urea groups is 1. The lowest BCUT2D eigenvalue weighted by molar-refractivity contribution is -0.139. The van der Waals surface area contributed by atoms with E-state index in [9.17, 15) is 18.0 Å². The summed E-state index contributed by atoms with van der Waals surface area (Å²) in [5, 5.41) is 5.26. The van der Waals surface area contributed by atoms with Crippen molar-refractivity contribution in [3.8, 4) is 11.3 Å². The van der Waals surface area contributed by atoms with Crippen LogP contribution in [-0.4, -0.2) is 57.6 Å². The van der Waals surface area contributed by atoms with Gasteiger partial charge in [0, 0.05) is 24.4 Å². The molecule has 176 valence electrons. The Balaban J connectivity index is 1.58. The molecule has 1 fully saturated rings. The highest BCUT2D eigenvalue weighted by molar-refractivity contribution is 7.89. The Morgan fingerprint density at radius 1 is 1.15 bits per heavy atom. The van der Waals surface area contributed by atoms with Gasteiger partial charge in [0.2, 0.25) is 10.0 Å². The Kier molecular flexibility index (Phi) is 6.54. The van der Waals surface area contributed by atoms with Crippen LogP contribution in [0, 0.1) is 0 Å². The molecule has 1 unspecified atom stereocenters. The fourth-order valence-electron chi connectivity index (χ4n) is 3.78. The van der Waals surface area contributed by atoms with Gasteiger partial charge in [-0.1, -0.05) is 0 Å². The van der Waals surface area contributed by atoms with Crippen LogP contribution in [-0.2, 0) is 24.3 Å². The van der Waals surface area contributed by atoms with Crippen LogP contribution in [0.5, 0.6) is 0 Å². The number of nitrogens with zero attached hydrogens (tertiary/aromatic N) is 1. The van der Waals surface area contributed by atoms with Crippen molar-refractivity contribution in [2.24, 2.45) is 0 Å². The van der Waals surface area contributed by atoms with Gasteiger partial charge in [-0.25, -0.2) is 18.0 Å². The van der Waals surface area contributed by atoms with Gasteiger partial charge in [0.05, 0.1) is 30.3 Å². The van der Waals surface area contributed by atoms with Crippen molar-refractivity contribution < 1.29 is 31.9 Å². The van der Waals surface area contributed by atoms with E-state index in [1.165, 1.54) is 16.4 Å². The van der Waals surface area contributed by atoms with Gasteiger partial charge in [-0.2, -0.15) is 4.31 Å². The van der Waals surface area contributed by atoms with Crippen molar-refractivity contribution in [1.82, 2.24) is 14.9 Å². The number of ether oxygens (including phenoxy) is 2. The second-order valence-corrected chi connectivity index (χ2v) is 9.47. The number of sulfonamides is 1. The Morgan fingerprint density at radius 2 is 1.85 bits per heavy atom. The molecular formula is C22H25N3O7S. The molecule has 4 rings (SSSR count). The summed E-state index contributed by atoms with van der Waals surface area (Å²) in [5.74, 6) is 0.268. The maximum absolute atomic E-state index is 12.8. The number of morpholine rings is 1. The topological polar surface area (TPSA) is 127 Å². The van der Waals surface area contributed by atoms with Crippen LogP contribution >= 0.6 is 0 Å².